The number of carbonyl (C=O) groups is 5. The van der Waals surface area contributed by atoms with Gasteiger partial charge >= 0.3 is 12.1 Å². The summed E-state index contributed by atoms with van der Waals surface area (Å²) in [5.41, 5.74) is 0.861. The van der Waals surface area contributed by atoms with Crippen molar-refractivity contribution in [2.24, 2.45) is 5.92 Å². The molecule has 4 amide bonds. The first-order valence-corrected chi connectivity index (χ1v) is 13.9. The molecule has 0 heterocycles. The second-order valence-electron chi connectivity index (χ2n) is 11.2. The van der Waals surface area contributed by atoms with Crippen LogP contribution < -0.4 is 21.3 Å². The lowest BCUT2D eigenvalue weighted by Gasteiger charge is -2.24. The summed E-state index contributed by atoms with van der Waals surface area (Å²) in [6.45, 7) is 8.19. The van der Waals surface area contributed by atoms with Gasteiger partial charge in [-0.1, -0.05) is 74.5 Å². The van der Waals surface area contributed by atoms with Crippen LogP contribution in [-0.2, 0) is 41.7 Å². The highest BCUT2D eigenvalue weighted by atomic mass is 16.6. The van der Waals surface area contributed by atoms with E-state index >= 15 is 0 Å². The molecule has 0 saturated carbocycles. The Morgan fingerprint density at radius 1 is 0.738 bits per heavy atom. The van der Waals surface area contributed by atoms with E-state index in [1.165, 1.54) is 0 Å². The molecule has 0 unspecified atom stereocenters. The molecule has 0 aromatic heterocycles. The molecular weight excluding hydrogens is 540 g/mol. The summed E-state index contributed by atoms with van der Waals surface area (Å²) in [4.78, 5) is 63.2. The molecule has 0 fully saturated rings. The van der Waals surface area contributed by atoms with Crippen molar-refractivity contribution < 1.29 is 33.4 Å². The fourth-order valence-electron chi connectivity index (χ4n) is 3.82. The lowest BCUT2D eigenvalue weighted by atomic mass is 10.0. The first-order chi connectivity index (χ1) is 19.8. The maximum atomic E-state index is 13.4. The van der Waals surface area contributed by atoms with Gasteiger partial charge in [-0.05, 0) is 44.2 Å². The zero-order chi connectivity index (χ0) is 31.1. The Kier molecular flexibility index (Phi) is 13.5. The van der Waals surface area contributed by atoms with Gasteiger partial charge in [0.15, 0.2) is 0 Å². The monoisotopic (exact) mass is 582 g/mol. The number of benzene rings is 2. The quantitative estimate of drug-likeness (QED) is 0.250. The van der Waals surface area contributed by atoms with Gasteiger partial charge in [-0.25, -0.2) is 4.79 Å². The molecule has 42 heavy (non-hydrogen) atoms. The van der Waals surface area contributed by atoms with Gasteiger partial charge < -0.3 is 30.7 Å². The third-order valence-electron chi connectivity index (χ3n) is 5.72. The van der Waals surface area contributed by atoms with Gasteiger partial charge in [-0.15, -0.1) is 0 Å². The van der Waals surface area contributed by atoms with Crippen LogP contribution in [0.2, 0.25) is 0 Å². The van der Waals surface area contributed by atoms with Gasteiger partial charge in [0.05, 0.1) is 0 Å². The van der Waals surface area contributed by atoms with Crippen LogP contribution in [0.4, 0.5) is 4.79 Å². The molecule has 11 heteroatoms. The van der Waals surface area contributed by atoms with E-state index in [-0.39, 0.29) is 25.5 Å². The number of amides is 4. The molecule has 0 bridgehead atoms. The number of ether oxygens (including phenoxy) is 2. The fourth-order valence-corrected chi connectivity index (χ4v) is 3.82. The summed E-state index contributed by atoms with van der Waals surface area (Å²) in [5.74, 6) is -2.33. The van der Waals surface area contributed by atoms with Crippen LogP contribution in [-0.4, -0.2) is 60.6 Å². The van der Waals surface area contributed by atoms with E-state index < -0.39 is 54.0 Å². The Hall–Kier alpha value is -4.41. The average molecular weight is 583 g/mol. The fraction of sp³-hybridized carbons (Fsp3) is 0.452. The minimum atomic E-state index is -1.04. The van der Waals surface area contributed by atoms with Crippen LogP contribution in [0.3, 0.4) is 0 Å². The van der Waals surface area contributed by atoms with Crippen molar-refractivity contribution in [2.75, 3.05) is 13.1 Å². The second-order valence-corrected chi connectivity index (χ2v) is 11.2. The molecule has 2 atom stereocenters. The molecule has 4 N–H and O–H groups in total. The molecule has 2 aromatic carbocycles. The molecule has 0 aliphatic carbocycles. The van der Waals surface area contributed by atoms with Crippen molar-refractivity contribution in [3.8, 4) is 0 Å². The van der Waals surface area contributed by atoms with Gasteiger partial charge in [0.2, 0.25) is 17.7 Å². The van der Waals surface area contributed by atoms with Crippen LogP contribution in [0.25, 0.3) is 0 Å². The summed E-state index contributed by atoms with van der Waals surface area (Å²) in [6, 6.07) is 16.2. The van der Waals surface area contributed by atoms with Crippen molar-refractivity contribution in [1.29, 1.82) is 0 Å². The molecule has 0 radical (unpaired) electrons. The SMILES string of the molecule is CC(C)C[C@H](NC(=O)[C@@H](Cc1ccccc1)NC(=O)CNC(=O)OC(C)(C)C)C(=O)NCC(=O)OCc1ccccc1. The first kappa shape index (κ1) is 33.8. The van der Waals surface area contributed by atoms with Crippen LogP contribution in [0.5, 0.6) is 0 Å². The number of esters is 1. The van der Waals surface area contributed by atoms with E-state index in [0.717, 1.165) is 11.1 Å². The zero-order valence-electron chi connectivity index (χ0n) is 24.9. The third-order valence-corrected chi connectivity index (χ3v) is 5.72. The second kappa shape index (κ2) is 16.8. The van der Waals surface area contributed by atoms with E-state index in [1.54, 1.807) is 20.8 Å². The molecule has 228 valence electrons. The normalized spacial score (nSPS) is 12.4. The van der Waals surface area contributed by atoms with Gasteiger partial charge in [0.1, 0.15) is 37.4 Å². The summed E-state index contributed by atoms with van der Waals surface area (Å²) in [6.07, 6.45) is -0.326. The summed E-state index contributed by atoms with van der Waals surface area (Å²) in [5, 5.41) is 10.3. The Morgan fingerprint density at radius 3 is 1.90 bits per heavy atom. The average Bonchev–Trinajstić information content (AvgIpc) is 2.93. The first-order valence-electron chi connectivity index (χ1n) is 13.9. The maximum Gasteiger partial charge on any atom is 0.408 e. The van der Waals surface area contributed by atoms with Gasteiger partial charge in [-0.3, -0.25) is 19.2 Å². The van der Waals surface area contributed by atoms with Crippen LogP contribution in [0.15, 0.2) is 60.7 Å². The summed E-state index contributed by atoms with van der Waals surface area (Å²) >= 11 is 0. The highest BCUT2D eigenvalue weighted by molar-refractivity contribution is 5.93. The standard InChI is InChI=1S/C31H42N4O7/c1-21(2)16-24(28(38)32-19-27(37)41-20-23-14-10-7-11-15-23)35-29(39)25(17-22-12-8-6-9-13-22)34-26(36)18-33-30(40)42-31(3,4)5/h6-15,21,24-25H,16-20H2,1-5H3,(H,32,38)(H,33,40)(H,34,36)(H,35,39)/t24-,25+/m0/s1. The predicted octanol–water partition coefficient (Wildman–Crippen LogP) is 2.63. The van der Waals surface area contributed by atoms with Gasteiger partial charge in [0.25, 0.3) is 0 Å². The summed E-state index contributed by atoms with van der Waals surface area (Å²) in [7, 11) is 0. The number of rotatable bonds is 14. The summed E-state index contributed by atoms with van der Waals surface area (Å²) < 4.78 is 10.4. The molecule has 2 rings (SSSR count). The van der Waals surface area contributed by atoms with Gasteiger partial charge in [0, 0.05) is 6.42 Å². The molecule has 2 aromatic rings. The van der Waals surface area contributed by atoms with Crippen LogP contribution in [0, 0.1) is 5.92 Å². The molecule has 0 saturated heterocycles. The van der Waals surface area contributed by atoms with E-state index in [0.29, 0.717) is 6.42 Å². The Balaban J connectivity index is 2.03. The lowest BCUT2D eigenvalue weighted by molar-refractivity contribution is -0.145. The van der Waals surface area contributed by atoms with Crippen molar-refractivity contribution in [3.63, 3.8) is 0 Å². The predicted molar refractivity (Wildman–Crippen MR) is 157 cm³/mol. The number of hydrogen-bond donors (Lipinski definition) is 4. The van der Waals surface area contributed by atoms with Crippen LogP contribution >= 0.6 is 0 Å². The Bertz CT molecular complexity index is 1180. The minimum absolute atomic E-state index is 0.0336. The Labute approximate surface area is 247 Å². The molecule has 0 aliphatic heterocycles. The third kappa shape index (κ3) is 13.8. The number of carbonyl (C=O) groups excluding carboxylic acids is 5. The smallest absolute Gasteiger partial charge is 0.408 e. The van der Waals surface area contributed by atoms with E-state index in [1.807, 2.05) is 74.5 Å². The molecule has 0 aliphatic rings. The zero-order valence-corrected chi connectivity index (χ0v) is 24.9. The van der Waals surface area contributed by atoms with E-state index in [9.17, 15) is 24.0 Å². The van der Waals surface area contributed by atoms with Crippen molar-refractivity contribution >= 4 is 29.8 Å². The number of alkyl carbamates (subject to hydrolysis) is 1. The van der Waals surface area contributed by atoms with Crippen molar-refractivity contribution in [3.05, 3.63) is 71.8 Å². The topological polar surface area (TPSA) is 152 Å². The van der Waals surface area contributed by atoms with E-state index in [2.05, 4.69) is 21.3 Å². The number of nitrogens with one attached hydrogen (secondary N) is 4. The van der Waals surface area contributed by atoms with Crippen LogP contribution in [0.1, 0.15) is 52.2 Å². The maximum absolute atomic E-state index is 13.4. The largest absolute Gasteiger partial charge is 0.460 e. The van der Waals surface area contributed by atoms with E-state index in [4.69, 9.17) is 9.47 Å². The highest BCUT2D eigenvalue weighted by Gasteiger charge is 2.28. The minimum Gasteiger partial charge on any atom is -0.460 e. The molecule has 0 spiro atoms. The van der Waals surface area contributed by atoms with Crippen molar-refractivity contribution in [2.45, 2.75) is 71.8 Å². The highest BCUT2D eigenvalue weighted by Crippen LogP contribution is 2.09. The lowest BCUT2D eigenvalue weighted by Crippen LogP contribution is -2.56. The Morgan fingerprint density at radius 2 is 1.33 bits per heavy atom. The molecule has 11 nitrogen and oxygen atoms in total. The molecular formula is C31H42N4O7. The number of hydrogen-bond acceptors (Lipinski definition) is 7. The van der Waals surface area contributed by atoms with Gasteiger partial charge in [-0.2, -0.15) is 0 Å². The van der Waals surface area contributed by atoms with Crippen molar-refractivity contribution in [1.82, 2.24) is 21.3 Å².